The Hall–Kier alpha value is -0.840. The zero-order chi connectivity index (χ0) is 13.7. The van der Waals surface area contributed by atoms with Crippen LogP contribution >= 0.6 is 22.9 Å². The molecule has 104 valence electrons. The van der Waals surface area contributed by atoms with Gasteiger partial charge in [0.15, 0.2) is 0 Å². The molecular formula is C14H19ClN2OS. The van der Waals surface area contributed by atoms with E-state index in [9.17, 15) is 4.79 Å². The van der Waals surface area contributed by atoms with Gasteiger partial charge in [-0.05, 0) is 31.5 Å². The third-order valence-corrected chi connectivity index (χ3v) is 4.48. The van der Waals surface area contributed by atoms with E-state index in [4.69, 9.17) is 11.6 Å². The molecule has 3 nitrogen and oxygen atoms in total. The lowest BCUT2D eigenvalue weighted by Crippen LogP contribution is -2.35. The molecule has 1 atom stereocenters. The Balaban J connectivity index is 1.93. The summed E-state index contributed by atoms with van der Waals surface area (Å²) in [7, 11) is 0. The summed E-state index contributed by atoms with van der Waals surface area (Å²) in [6.07, 6.45) is 4.61. The fourth-order valence-electron chi connectivity index (χ4n) is 2.31. The first kappa shape index (κ1) is 14.6. The minimum atomic E-state index is 0.184. The summed E-state index contributed by atoms with van der Waals surface area (Å²) in [6, 6.07) is 4.19. The lowest BCUT2D eigenvalue weighted by molar-refractivity contribution is -0.131. The van der Waals surface area contributed by atoms with Gasteiger partial charge in [-0.1, -0.05) is 17.7 Å². The average Bonchev–Trinajstić information content (AvgIpc) is 3.01. The molecule has 1 aromatic heterocycles. The number of rotatable bonds is 6. The standard InChI is InChI=1S/C14H19ClN2OS/c1-2-8-17(10-12-5-6-13(15)19-12)14(18)9-11-4-3-7-16-11/h2,5-6,11,16H,1,3-4,7-10H2. The van der Waals surface area contributed by atoms with E-state index >= 15 is 0 Å². The van der Waals surface area contributed by atoms with Crippen molar-refractivity contribution in [1.82, 2.24) is 10.2 Å². The highest BCUT2D eigenvalue weighted by Gasteiger charge is 2.21. The van der Waals surface area contributed by atoms with Gasteiger partial charge in [-0.15, -0.1) is 17.9 Å². The van der Waals surface area contributed by atoms with Crippen LogP contribution in [-0.4, -0.2) is 29.9 Å². The minimum absolute atomic E-state index is 0.184. The van der Waals surface area contributed by atoms with Crippen LogP contribution in [0.1, 0.15) is 24.1 Å². The maximum absolute atomic E-state index is 12.3. The van der Waals surface area contributed by atoms with E-state index in [2.05, 4.69) is 11.9 Å². The van der Waals surface area contributed by atoms with Crippen molar-refractivity contribution < 1.29 is 4.79 Å². The maximum atomic E-state index is 12.3. The smallest absolute Gasteiger partial charge is 0.224 e. The molecule has 2 heterocycles. The molecule has 1 saturated heterocycles. The molecule has 0 bridgehead atoms. The number of hydrogen-bond donors (Lipinski definition) is 1. The van der Waals surface area contributed by atoms with E-state index < -0.39 is 0 Å². The first-order valence-electron chi connectivity index (χ1n) is 6.55. The number of carbonyl (C=O) groups excluding carboxylic acids is 1. The predicted molar refractivity (Wildman–Crippen MR) is 80.6 cm³/mol. The summed E-state index contributed by atoms with van der Waals surface area (Å²) in [5.41, 5.74) is 0. The largest absolute Gasteiger partial charge is 0.334 e. The van der Waals surface area contributed by atoms with Crippen molar-refractivity contribution in [3.05, 3.63) is 34.0 Å². The third kappa shape index (κ3) is 4.34. The monoisotopic (exact) mass is 298 g/mol. The SMILES string of the molecule is C=CCN(Cc1ccc(Cl)s1)C(=O)CC1CCCN1. The highest BCUT2D eigenvalue weighted by atomic mass is 35.5. The molecular weight excluding hydrogens is 280 g/mol. The van der Waals surface area contributed by atoms with Gasteiger partial charge in [0.05, 0.1) is 10.9 Å². The van der Waals surface area contributed by atoms with Crippen LogP contribution in [0.2, 0.25) is 4.34 Å². The van der Waals surface area contributed by atoms with Crippen LogP contribution in [-0.2, 0) is 11.3 Å². The van der Waals surface area contributed by atoms with E-state index in [0.29, 0.717) is 25.6 Å². The van der Waals surface area contributed by atoms with E-state index in [1.165, 1.54) is 17.8 Å². The molecule has 0 aromatic carbocycles. The van der Waals surface area contributed by atoms with Crippen LogP contribution in [0.15, 0.2) is 24.8 Å². The van der Waals surface area contributed by atoms with Gasteiger partial charge in [-0.3, -0.25) is 4.79 Å². The number of nitrogens with zero attached hydrogens (tertiary/aromatic N) is 1. The molecule has 1 aliphatic rings. The Morgan fingerprint density at radius 1 is 1.63 bits per heavy atom. The molecule has 0 spiro atoms. The maximum Gasteiger partial charge on any atom is 0.224 e. The summed E-state index contributed by atoms with van der Waals surface area (Å²) in [6.45, 7) is 5.96. The highest BCUT2D eigenvalue weighted by molar-refractivity contribution is 7.16. The summed E-state index contributed by atoms with van der Waals surface area (Å²) >= 11 is 7.45. The second kappa shape index (κ2) is 7.08. The summed E-state index contributed by atoms with van der Waals surface area (Å²) in [5.74, 6) is 0.184. The molecule has 1 amide bonds. The van der Waals surface area contributed by atoms with Gasteiger partial charge >= 0.3 is 0 Å². The number of hydrogen-bond acceptors (Lipinski definition) is 3. The molecule has 5 heteroatoms. The van der Waals surface area contributed by atoms with Gasteiger partial charge in [0, 0.05) is 23.9 Å². The third-order valence-electron chi connectivity index (χ3n) is 3.26. The van der Waals surface area contributed by atoms with E-state index in [1.807, 2.05) is 17.0 Å². The number of halogens is 1. The Labute approximate surface area is 123 Å². The normalized spacial score (nSPS) is 18.5. The van der Waals surface area contributed by atoms with Crippen LogP contribution in [0.4, 0.5) is 0 Å². The van der Waals surface area contributed by atoms with Gasteiger partial charge in [0.1, 0.15) is 0 Å². The molecule has 0 saturated carbocycles. The first-order valence-corrected chi connectivity index (χ1v) is 7.74. The number of carbonyl (C=O) groups is 1. The Kier molecular flexibility index (Phi) is 5.43. The topological polar surface area (TPSA) is 32.3 Å². The minimum Gasteiger partial charge on any atom is -0.334 e. The lowest BCUT2D eigenvalue weighted by atomic mass is 10.1. The van der Waals surface area contributed by atoms with Crippen molar-refractivity contribution in [3.63, 3.8) is 0 Å². The summed E-state index contributed by atoms with van der Waals surface area (Å²) < 4.78 is 0.762. The van der Waals surface area contributed by atoms with E-state index in [1.54, 1.807) is 6.08 Å². The fourth-order valence-corrected chi connectivity index (χ4v) is 3.41. The van der Waals surface area contributed by atoms with Gasteiger partial charge in [0.2, 0.25) is 5.91 Å². The molecule has 2 rings (SSSR count). The van der Waals surface area contributed by atoms with E-state index in [-0.39, 0.29) is 5.91 Å². The number of nitrogens with one attached hydrogen (secondary N) is 1. The second-order valence-electron chi connectivity index (χ2n) is 4.77. The zero-order valence-electron chi connectivity index (χ0n) is 10.9. The van der Waals surface area contributed by atoms with Crippen molar-refractivity contribution >= 4 is 28.8 Å². The number of thiophene rings is 1. The van der Waals surface area contributed by atoms with Gasteiger partial charge in [-0.2, -0.15) is 0 Å². The molecule has 1 aliphatic heterocycles. The zero-order valence-corrected chi connectivity index (χ0v) is 12.5. The van der Waals surface area contributed by atoms with Crippen molar-refractivity contribution in [2.24, 2.45) is 0 Å². The van der Waals surface area contributed by atoms with Crippen molar-refractivity contribution in [1.29, 1.82) is 0 Å². The molecule has 1 unspecified atom stereocenters. The van der Waals surface area contributed by atoms with Gasteiger partial charge < -0.3 is 10.2 Å². The quantitative estimate of drug-likeness (QED) is 0.819. The predicted octanol–water partition coefficient (Wildman–Crippen LogP) is 3.06. The van der Waals surface area contributed by atoms with Crippen molar-refractivity contribution in [2.45, 2.75) is 31.8 Å². The van der Waals surface area contributed by atoms with Gasteiger partial charge in [0.25, 0.3) is 0 Å². The highest BCUT2D eigenvalue weighted by Crippen LogP contribution is 2.23. The van der Waals surface area contributed by atoms with Crippen LogP contribution in [0.3, 0.4) is 0 Å². The molecule has 0 radical (unpaired) electrons. The van der Waals surface area contributed by atoms with Crippen LogP contribution in [0.5, 0.6) is 0 Å². The Morgan fingerprint density at radius 2 is 2.47 bits per heavy atom. The summed E-state index contributed by atoms with van der Waals surface area (Å²) in [4.78, 5) is 15.3. The second-order valence-corrected chi connectivity index (χ2v) is 6.57. The molecule has 19 heavy (non-hydrogen) atoms. The Bertz CT molecular complexity index is 440. The van der Waals surface area contributed by atoms with Crippen LogP contribution in [0.25, 0.3) is 0 Å². The Morgan fingerprint density at radius 3 is 3.05 bits per heavy atom. The first-order chi connectivity index (χ1) is 9.19. The van der Waals surface area contributed by atoms with Gasteiger partial charge in [-0.25, -0.2) is 0 Å². The van der Waals surface area contributed by atoms with Crippen molar-refractivity contribution in [2.75, 3.05) is 13.1 Å². The molecule has 1 fully saturated rings. The lowest BCUT2D eigenvalue weighted by Gasteiger charge is -2.22. The van der Waals surface area contributed by atoms with Crippen molar-refractivity contribution in [3.8, 4) is 0 Å². The summed E-state index contributed by atoms with van der Waals surface area (Å²) in [5, 5.41) is 3.36. The molecule has 1 aromatic rings. The molecule has 0 aliphatic carbocycles. The van der Waals surface area contributed by atoms with Crippen LogP contribution < -0.4 is 5.32 Å². The van der Waals surface area contributed by atoms with E-state index in [0.717, 1.165) is 22.2 Å². The average molecular weight is 299 g/mol. The fraction of sp³-hybridized carbons (Fsp3) is 0.500. The number of amides is 1. The van der Waals surface area contributed by atoms with Crippen LogP contribution in [0, 0.1) is 0 Å². The molecule has 1 N–H and O–H groups in total.